The van der Waals surface area contributed by atoms with Crippen LogP contribution in [0, 0.1) is 5.82 Å². The van der Waals surface area contributed by atoms with Crippen LogP contribution >= 0.6 is 12.2 Å². The topological polar surface area (TPSA) is 104 Å². The summed E-state index contributed by atoms with van der Waals surface area (Å²) in [6, 6.07) is 10.5. The molecule has 0 spiro atoms. The molecule has 0 saturated heterocycles. The summed E-state index contributed by atoms with van der Waals surface area (Å²) in [6.07, 6.45) is 0. The summed E-state index contributed by atoms with van der Waals surface area (Å²) in [7, 11) is -3.93. The molecule has 0 unspecified atom stereocenters. The molecule has 0 aliphatic heterocycles. The number of amides is 2. The molecule has 0 radical (unpaired) electrons. The predicted octanol–water partition coefficient (Wildman–Crippen LogP) is 1.78. The minimum atomic E-state index is -3.93. The van der Waals surface area contributed by atoms with E-state index in [4.69, 9.17) is 12.2 Å². The molecular formula is C16H14FN3O4S2. The smallest absolute Gasteiger partial charge is 0.264 e. The van der Waals surface area contributed by atoms with E-state index < -0.39 is 27.7 Å². The molecule has 0 aliphatic rings. The second-order valence-corrected chi connectivity index (χ2v) is 7.20. The second-order valence-electron chi connectivity index (χ2n) is 5.10. The first kappa shape index (κ1) is 19.5. The zero-order valence-electron chi connectivity index (χ0n) is 13.4. The molecule has 0 atom stereocenters. The first-order chi connectivity index (χ1) is 12.2. The summed E-state index contributed by atoms with van der Waals surface area (Å²) >= 11 is 5.00. The van der Waals surface area contributed by atoms with Crippen LogP contribution in [0.15, 0.2) is 53.4 Å². The maximum atomic E-state index is 13.1. The Morgan fingerprint density at radius 1 is 1.08 bits per heavy atom. The second kappa shape index (κ2) is 8.02. The molecule has 2 amide bonds. The first-order valence-corrected chi connectivity index (χ1v) is 9.08. The Labute approximate surface area is 154 Å². The molecule has 7 nitrogen and oxygen atoms in total. The molecular weight excluding hydrogens is 381 g/mol. The highest BCUT2D eigenvalue weighted by atomic mass is 32.2. The minimum Gasteiger partial charge on any atom is -0.332 e. The van der Waals surface area contributed by atoms with Gasteiger partial charge in [-0.3, -0.25) is 14.9 Å². The lowest BCUT2D eigenvalue weighted by atomic mass is 10.2. The van der Waals surface area contributed by atoms with E-state index in [1.807, 2.05) is 4.72 Å². The van der Waals surface area contributed by atoms with E-state index in [0.717, 1.165) is 13.0 Å². The van der Waals surface area contributed by atoms with Gasteiger partial charge in [0.2, 0.25) is 5.91 Å². The van der Waals surface area contributed by atoms with Crippen molar-refractivity contribution in [3.63, 3.8) is 0 Å². The number of carbonyl (C=O) groups excluding carboxylic acids is 2. The van der Waals surface area contributed by atoms with Gasteiger partial charge in [0.1, 0.15) is 5.82 Å². The molecule has 136 valence electrons. The van der Waals surface area contributed by atoms with Crippen molar-refractivity contribution in [2.75, 3.05) is 5.32 Å². The predicted molar refractivity (Wildman–Crippen MR) is 97.5 cm³/mol. The fraction of sp³-hybridized carbons (Fsp3) is 0.0625. The Bertz CT molecular complexity index is 960. The summed E-state index contributed by atoms with van der Waals surface area (Å²) in [6.45, 7) is 1.09. The number of thiocarbonyl (C=S) groups is 1. The van der Waals surface area contributed by atoms with Gasteiger partial charge in [-0.2, -0.15) is 0 Å². The SMILES string of the molecule is CC(=O)NS(=O)(=O)c1ccc(NC(=S)NC(=O)c2cccc(F)c2)cc1. The summed E-state index contributed by atoms with van der Waals surface area (Å²) in [5.41, 5.74) is 0.516. The maximum Gasteiger partial charge on any atom is 0.264 e. The third kappa shape index (κ3) is 5.33. The fourth-order valence-electron chi connectivity index (χ4n) is 1.93. The lowest BCUT2D eigenvalue weighted by molar-refractivity contribution is -0.117. The van der Waals surface area contributed by atoms with E-state index in [1.54, 1.807) is 0 Å². The summed E-state index contributed by atoms with van der Waals surface area (Å²) in [4.78, 5) is 22.8. The average Bonchev–Trinajstić information content (AvgIpc) is 2.54. The quantitative estimate of drug-likeness (QED) is 0.682. The first-order valence-electron chi connectivity index (χ1n) is 7.19. The molecule has 10 heteroatoms. The van der Waals surface area contributed by atoms with Crippen LogP contribution in [0.2, 0.25) is 0 Å². The van der Waals surface area contributed by atoms with Gasteiger partial charge in [-0.15, -0.1) is 0 Å². The van der Waals surface area contributed by atoms with Crippen LogP contribution in [0.1, 0.15) is 17.3 Å². The van der Waals surface area contributed by atoms with Gasteiger partial charge in [-0.05, 0) is 54.7 Å². The van der Waals surface area contributed by atoms with Gasteiger partial charge < -0.3 is 5.32 Å². The van der Waals surface area contributed by atoms with E-state index in [0.29, 0.717) is 5.69 Å². The third-order valence-electron chi connectivity index (χ3n) is 3.01. The summed E-state index contributed by atoms with van der Waals surface area (Å²) < 4.78 is 38.6. The molecule has 0 fully saturated rings. The number of hydrogen-bond acceptors (Lipinski definition) is 5. The van der Waals surface area contributed by atoms with Gasteiger partial charge >= 0.3 is 0 Å². The Balaban J connectivity index is 2.01. The Morgan fingerprint density at radius 3 is 2.31 bits per heavy atom. The van der Waals surface area contributed by atoms with Crippen molar-refractivity contribution in [3.8, 4) is 0 Å². The third-order valence-corrected chi connectivity index (χ3v) is 4.67. The van der Waals surface area contributed by atoms with Crippen molar-refractivity contribution in [2.45, 2.75) is 11.8 Å². The standard InChI is InChI=1S/C16H14FN3O4S2/c1-10(21)20-26(23,24)14-7-5-13(6-8-14)18-16(25)19-15(22)11-3-2-4-12(17)9-11/h2-9H,1H3,(H,20,21)(H2,18,19,22,25). The van der Waals surface area contributed by atoms with Crippen LogP contribution in [0.4, 0.5) is 10.1 Å². The highest BCUT2D eigenvalue weighted by Crippen LogP contribution is 2.14. The normalized spacial score (nSPS) is 10.7. The summed E-state index contributed by atoms with van der Waals surface area (Å²) in [5.74, 6) is -1.84. The van der Waals surface area contributed by atoms with Crippen molar-refractivity contribution in [2.24, 2.45) is 0 Å². The average molecular weight is 395 g/mol. The van der Waals surface area contributed by atoms with Crippen molar-refractivity contribution >= 4 is 44.9 Å². The van der Waals surface area contributed by atoms with Crippen LogP contribution in [0.3, 0.4) is 0 Å². The fourth-order valence-corrected chi connectivity index (χ4v) is 3.13. The number of carbonyl (C=O) groups is 2. The lowest BCUT2D eigenvalue weighted by Gasteiger charge is -2.10. The van der Waals surface area contributed by atoms with E-state index in [-0.39, 0.29) is 15.6 Å². The van der Waals surface area contributed by atoms with Crippen LogP contribution < -0.4 is 15.4 Å². The Morgan fingerprint density at radius 2 is 1.73 bits per heavy atom. The van der Waals surface area contributed by atoms with Gasteiger partial charge in [-0.25, -0.2) is 17.5 Å². The maximum absolute atomic E-state index is 13.1. The van der Waals surface area contributed by atoms with E-state index in [9.17, 15) is 22.4 Å². The molecule has 26 heavy (non-hydrogen) atoms. The highest BCUT2D eigenvalue weighted by Gasteiger charge is 2.15. The summed E-state index contributed by atoms with van der Waals surface area (Å²) in [5, 5.41) is 5.04. The molecule has 0 aromatic heterocycles. The van der Waals surface area contributed by atoms with E-state index in [2.05, 4.69) is 10.6 Å². The number of sulfonamides is 1. The highest BCUT2D eigenvalue weighted by molar-refractivity contribution is 7.90. The molecule has 0 aliphatic carbocycles. The van der Waals surface area contributed by atoms with Crippen LogP contribution in [-0.4, -0.2) is 25.3 Å². The van der Waals surface area contributed by atoms with Crippen molar-refractivity contribution < 1.29 is 22.4 Å². The number of rotatable bonds is 4. The molecule has 3 N–H and O–H groups in total. The number of halogens is 1. The molecule has 2 rings (SSSR count). The van der Waals surface area contributed by atoms with Crippen molar-refractivity contribution in [3.05, 3.63) is 59.9 Å². The number of anilines is 1. The molecule has 2 aromatic rings. The lowest BCUT2D eigenvalue weighted by Crippen LogP contribution is -2.34. The van der Waals surface area contributed by atoms with E-state index in [1.165, 1.54) is 42.5 Å². The van der Waals surface area contributed by atoms with Gasteiger partial charge in [0.15, 0.2) is 5.11 Å². The molecule has 0 heterocycles. The zero-order valence-corrected chi connectivity index (χ0v) is 15.1. The van der Waals surface area contributed by atoms with E-state index >= 15 is 0 Å². The molecule has 0 saturated carbocycles. The minimum absolute atomic E-state index is 0.0447. The molecule has 2 aromatic carbocycles. The Kier molecular flexibility index (Phi) is 6.01. The van der Waals surface area contributed by atoms with Crippen LogP contribution in [-0.2, 0) is 14.8 Å². The number of hydrogen-bond donors (Lipinski definition) is 3. The van der Waals surface area contributed by atoms with Gasteiger partial charge in [0.25, 0.3) is 15.9 Å². The van der Waals surface area contributed by atoms with Crippen molar-refractivity contribution in [1.82, 2.24) is 10.0 Å². The number of nitrogens with one attached hydrogen (secondary N) is 3. The Hall–Kier alpha value is -2.85. The molecule has 0 bridgehead atoms. The van der Waals surface area contributed by atoms with Crippen LogP contribution in [0.5, 0.6) is 0 Å². The largest absolute Gasteiger partial charge is 0.332 e. The van der Waals surface area contributed by atoms with Gasteiger partial charge in [-0.1, -0.05) is 6.07 Å². The van der Waals surface area contributed by atoms with Gasteiger partial charge in [0.05, 0.1) is 4.90 Å². The monoisotopic (exact) mass is 395 g/mol. The number of benzene rings is 2. The van der Waals surface area contributed by atoms with Crippen molar-refractivity contribution in [1.29, 1.82) is 0 Å². The van der Waals surface area contributed by atoms with Gasteiger partial charge in [0, 0.05) is 18.2 Å². The van der Waals surface area contributed by atoms with Crippen LogP contribution in [0.25, 0.3) is 0 Å². The zero-order chi connectivity index (χ0) is 19.3.